The number of fused-ring (bicyclic) bond motifs is 1. The Morgan fingerprint density at radius 3 is 3.08 bits per heavy atom. The minimum Gasteiger partial charge on any atom is -0.474 e. The van der Waals surface area contributed by atoms with Crippen LogP contribution in [-0.4, -0.2) is 38.4 Å². The van der Waals surface area contributed by atoms with Crippen LogP contribution >= 0.6 is 10.9 Å². The Kier molecular flexibility index (Phi) is 1.81. The molecule has 1 saturated heterocycles. The van der Waals surface area contributed by atoms with E-state index < -0.39 is 22.2 Å². The first-order valence-corrected chi connectivity index (χ1v) is 5.46. The van der Waals surface area contributed by atoms with E-state index in [2.05, 4.69) is 0 Å². The van der Waals surface area contributed by atoms with E-state index in [0.717, 1.165) is 0 Å². The van der Waals surface area contributed by atoms with Crippen LogP contribution in [0, 0.1) is 0 Å². The maximum absolute atomic E-state index is 11.1. The summed E-state index contributed by atoms with van der Waals surface area (Å²) in [6, 6.07) is -0.604. The maximum Gasteiger partial charge on any atom is 0.346 e. The highest BCUT2D eigenvalue weighted by molar-refractivity contribution is 8.30. The molecule has 0 aliphatic carbocycles. The molecule has 3 unspecified atom stereocenters. The van der Waals surface area contributed by atoms with Crippen molar-refractivity contribution >= 4 is 22.1 Å². The van der Waals surface area contributed by atoms with Crippen molar-refractivity contribution in [3.05, 3.63) is 12.3 Å². The fourth-order valence-corrected chi connectivity index (χ4v) is 3.53. The quantitative estimate of drug-likeness (QED) is 0.371. The zero-order valence-corrected chi connectivity index (χ0v) is 7.65. The van der Waals surface area contributed by atoms with Crippen LogP contribution in [0.25, 0.3) is 0 Å². The highest BCUT2D eigenvalue weighted by atomic mass is 32.2. The van der Waals surface area contributed by atoms with Gasteiger partial charge in [-0.3, -0.25) is 4.79 Å². The molecule has 1 fully saturated rings. The van der Waals surface area contributed by atoms with E-state index in [1.54, 1.807) is 12.3 Å². The van der Waals surface area contributed by atoms with Gasteiger partial charge in [0.05, 0.1) is 5.37 Å². The SMILES string of the molecule is NC1C(=O)N2C=CC[SH](C(=O)O)C12. The number of carbonyl (C=O) groups is 2. The minimum atomic E-state index is -1.20. The van der Waals surface area contributed by atoms with E-state index in [1.165, 1.54) is 4.90 Å². The molecule has 5 nitrogen and oxygen atoms in total. The van der Waals surface area contributed by atoms with Gasteiger partial charge in [0, 0.05) is 12.0 Å². The summed E-state index contributed by atoms with van der Waals surface area (Å²) >= 11 is 0. The molecule has 0 saturated carbocycles. The van der Waals surface area contributed by atoms with Crippen LogP contribution in [-0.2, 0) is 4.79 Å². The van der Waals surface area contributed by atoms with Gasteiger partial charge in [0.2, 0.25) is 5.91 Å². The van der Waals surface area contributed by atoms with Crippen LogP contribution in [0.3, 0.4) is 0 Å². The lowest BCUT2D eigenvalue weighted by molar-refractivity contribution is -0.140. The molecule has 0 aromatic heterocycles. The van der Waals surface area contributed by atoms with E-state index in [9.17, 15) is 9.59 Å². The van der Waals surface area contributed by atoms with Gasteiger partial charge < -0.3 is 15.7 Å². The summed E-state index contributed by atoms with van der Waals surface area (Å²) in [5.41, 5.74) is 5.53. The summed E-state index contributed by atoms with van der Waals surface area (Å²) in [6.45, 7) is 0. The standard InChI is InChI=1S/C7H10N2O3S/c8-4-5(10)9-2-1-3-13(6(4)9)7(11)12/h1-2,4,6,13H,3,8H2,(H,11,12). The van der Waals surface area contributed by atoms with Crippen LogP contribution in [0.5, 0.6) is 0 Å². The number of β-lactam (4-membered cyclic amide) rings is 1. The third kappa shape index (κ3) is 1.06. The molecule has 0 aromatic rings. The number of carbonyl (C=O) groups excluding carboxylic acids is 1. The van der Waals surface area contributed by atoms with E-state index in [4.69, 9.17) is 10.8 Å². The molecule has 6 heteroatoms. The van der Waals surface area contributed by atoms with Crippen molar-refractivity contribution in [3.63, 3.8) is 0 Å². The number of thiol groups is 1. The zero-order chi connectivity index (χ0) is 9.59. The average Bonchev–Trinajstić information content (AvgIpc) is 2.15. The van der Waals surface area contributed by atoms with Gasteiger partial charge in [-0.2, -0.15) is 0 Å². The van der Waals surface area contributed by atoms with Gasteiger partial charge in [-0.25, -0.2) is 4.79 Å². The number of nitrogens with zero attached hydrogens (tertiary/aromatic N) is 1. The molecule has 0 radical (unpaired) electrons. The molecule has 0 aromatic carbocycles. The Balaban J connectivity index is 2.23. The molecule has 2 rings (SSSR count). The Labute approximate surface area is 77.5 Å². The van der Waals surface area contributed by atoms with Crippen molar-refractivity contribution in [2.75, 3.05) is 5.75 Å². The molecule has 1 amide bonds. The second kappa shape index (κ2) is 2.74. The fraction of sp³-hybridized carbons (Fsp3) is 0.429. The Bertz CT molecular complexity index is 304. The molecule has 0 bridgehead atoms. The van der Waals surface area contributed by atoms with Crippen molar-refractivity contribution in [3.8, 4) is 0 Å². The van der Waals surface area contributed by atoms with Gasteiger partial charge >= 0.3 is 5.30 Å². The first kappa shape index (κ1) is 8.58. The number of rotatable bonds is 0. The molecule has 3 atom stereocenters. The van der Waals surface area contributed by atoms with Crippen molar-refractivity contribution in [1.29, 1.82) is 0 Å². The fourth-order valence-electron chi connectivity index (χ4n) is 1.60. The Morgan fingerprint density at radius 1 is 1.77 bits per heavy atom. The molecular formula is C7H10N2O3S. The number of amides is 1. The van der Waals surface area contributed by atoms with Crippen molar-refractivity contribution in [2.45, 2.75) is 11.4 Å². The predicted molar refractivity (Wildman–Crippen MR) is 49.6 cm³/mol. The van der Waals surface area contributed by atoms with Gasteiger partial charge in [0.1, 0.15) is 6.04 Å². The summed E-state index contributed by atoms with van der Waals surface area (Å²) < 4.78 is 0. The molecule has 0 spiro atoms. The number of hydrogen-bond acceptors (Lipinski definition) is 3. The molecule has 2 aliphatic rings. The van der Waals surface area contributed by atoms with Crippen LogP contribution in [0.1, 0.15) is 0 Å². The monoisotopic (exact) mass is 202 g/mol. The van der Waals surface area contributed by atoms with E-state index in [-0.39, 0.29) is 11.3 Å². The Hall–Kier alpha value is -1.01. The average molecular weight is 202 g/mol. The lowest BCUT2D eigenvalue weighted by Crippen LogP contribution is -2.67. The summed E-state index contributed by atoms with van der Waals surface area (Å²) in [4.78, 5) is 23.4. The largest absolute Gasteiger partial charge is 0.474 e. The third-order valence-electron chi connectivity index (χ3n) is 2.28. The van der Waals surface area contributed by atoms with Gasteiger partial charge in [-0.15, -0.1) is 10.9 Å². The van der Waals surface area contributed by atoms with E-state index in [1.807, 2.05) is 0 Å². The van der Waals surface area contributed by atoms with Crippen LogP contribution in [0.15, 0.2) is 12.3 Å². The van der Waals surface area contributed by atoms with Gasteiger partial charge in [-0.05, 0) is 0 Å². The number of hydrogen-bond donors (Lipinski definition) is 3. The number of nitrogens with two attached hydrogens (primary N) is 1. The zero-order valence-electron chi connectivity index (χ0n) is 6.75. The summed E-state index contributed by atoms with van der Waals surface area (Å²) in [5, 5.41) is 7.77. The highest BCUT2D eigenvalue weighted by Crippen LogP contribution is 2.44. The first-order valence-electron chi connectivity index (χ1n) is 3.87. The van der Waals surface area contributed by atoms with Gasteiger partial charge in [0.15, 0.2) is 0 Å². The lowest BCUT2D eigenvalue weighted by atomic mass is 10.1. The molecule has 2 aliphatic heterocycles. The molecule has 2 heterocycles. The summed E-state index contributed by atoms with van der Waals surface area (Å²) in [6.07, 6.45) is 3.36. The van der Waals surface area contributed by atoms with Crippen molar-refractivity contribution in [1.82, 2.24) is 4.90 Å². The Morgan fingerprint density at radius 2 is 2.46 bits per heavy atom. The van der Waals surface area contributed by atoms with Gasteiger partial charge in [-0.1, -0.05) is 6.08 Å². The third-order valence-corrected chi connectivity index (χ3v) is 4.58. The van der Waals surface area contributed by atoms with Crippen LogP contribution in [0.4, 0.5) is 4.79 Å². The van der Waals surface area contributed by atoms with Gasteiger partial charge in [0.25, 0.3) is 0 Å². The normalized spacial score (nSPS) is 39.6. The molecule has 3 N–H and O–H groups in total. The van der Waals surface area contributed by atoms with Crippen molar-refractivity contribution in [2.24, 2.45) is 5.73 Å². The predicted octanol–water partition coefficient (Wildman–Crippen LogP) is -0.311. The lowest BCUT2D eigenvalue weighted by Gasteiger charge is -2.49. The highest BCUT2D eigenvalue weighted by Gasteiger charge is 2.49. The first-order chi connectivity index (χ1) is 6.13. The van der Waals surface area contributed by atoms with E-state index >= 15 is 0 Å². The van der Waals surface area contributed by atoms with Crippen LogP contribution in [0.2, 0.25) is 0 Å². The number of carboxylic acid groups (broad SMARTS) is 1. The van der Waals surface area contributed by atoms with Crippen LogP contribution < -0.4 is 5.73 Å². The summed E-state index contributed by atoms with van der Waals surface area (Å²) in [5.74, 6) is 0.349. The minimum absolute atomic E-state index is 0.172. The smallest absolute Gasteiger partial charge is 0.346 e. The second-order valence-corrected chi connectivity index (χ2v) is 5.22. The molecule has 72 valence electrons. The molecular weight excluding hydrogens is 192 g/mol. The topological polar surface area (TPSA) is 83.6 Å². The van der Waals surface area contributed by atoms with E-state index in [0.29, 0.717) is 5.75 Å². The summed E-state index contributed by atoms with van der Waals surface area (Å²) in [7, 11) is -1.20. The second-order valence-electron chi connectivity index (χ2n) is 3.00. The maximum atomic E-state index is 11.1. The van der Waals surface area contributed by atoms with Crippen molar-refractivity contribution < 1.29 is 14.7 Å². The molecule has 13 heavy (non-hydrogen) atoms.